The Hall–Kier alpha value is -0.870. The number of rotatable bonds is 3. The molecule has 0 amide bonds. The summed E-state index contributed by atoms with van der Waals surface area (Å²) in [6.45, 7) is 3.90. The number of hydrogen-bond acceptors (Lipinski definition) is 2. The second kappa shape index (κ2) is 4.39. The molecule has 13 heavy (non-hydrogen) atoms. The van der Waals surface area contributed by atoms with E-state index < -0.39 is 11.4 Å². The molecule has 0 aliphatic rings. The lowest BCUT2D eigenvalue weighted by atomic mass is 10.1. The molecule has 1 aromatic rings. The molecular weight excluding hydrogens is 188 g/mol. The molecule has 1 atom stereocenters. The minimum Gasteiger partial charge on any atom is -0.380 e. The van der Waals surface area contributed by atoms with Crippen LogP contribution in [0.3, 0.4) is 0 Å². The van der Waals surface area contributed by atoms with Gasteiger partial charge in [-0.3, -0.25) is 4.55 Å². The topological polar surface area (TPSA) is 46.5 Å². The first-order chi connectivity index (χ1) is 6.13. The molecule has 1 unspecified atom stereocenters. The van der Waals surface area contributed by atoms with E-state index in [0.717, 1.165) is 12.0 Å². The molecule has 3 nitrogen and oxygen atoms in total. The van der Waals surface area contributed by atoms with Crippen molar-refractivity contribution in [3.8, 4) is 5.75 Å². The standard InChI is InChI=1S/C9H12O3S/c1-3-8-4-5-9(7(2)6-8)12-13(10)11/h4-6H,3H2,1-2H3,(H,10,11). The van der Waals surface area contributed by atoms with Crippen molar-refractivity contribution in [3.63, 3.8) is 0 Å². The molecule has 0 aromatic heterocycles. The molecule has 4 heteroatoms. The van der Waals surface area contributed by atoms with Gasteiger partial charge >= 0.3 is 11.4 Å². The minimum atomic E-state index is -2.24. The monoisotopic (exact) mass is 200 g/mol. The van der Waals surface area contributed by atoms with Gasteiger partial charge in [-0.1, -0.05) is 19.1 Å². The summed E-state index contributed by atoms with van der Waals surface area (Å²) in [4.78, 5) is 0. The van der Waals surface area contributed by atoms with Gasteiger partial charge in [0.05, 0.1) is 0 Å². The van der Waals surface area contributed by atoms with Gasteiger partial charge in [0.2, 0.25) is 0 Å². The van der Waals surface area contributed by atoms with E-state index in [4.69, 9.17) is 4.55 Å². The number of benzene rings is 1. The Morgan fingerprint density at radius 1 is 1.54 bits per heavy atom. The van der Waals surface area contributed by atoms with Crippen LogP contribution in [0.4, 0.5) is 0 Å². The van der Waals surface area contributed by atoms with E-state index in [0.29, 0.717) is 5.75 Å². The maximum atomic E-state index is 10.4. The average molecular weight is 200 g/mol. The quantitative estimate of drug-likeness (QED) is 0.760. The fourth-order valence-electron chi connectivity index (χ4n) is 1.10. The fraction of sp³-hybridized carbons (Fsp3) is 0.333. The minimum absolute atomic E-state index is 0.457. The van der Waals surface area contributed by atoms with Crippen LogP contribution in [0.5, 0.6) is 5.75 Å². The predicted molar refractivity (Wildman–Crippen MR) is 52.0 cm³/mol. The van der Waals surface area contributed by atoms with E-state index in [1.807, 2.05) is 19.1 Å². The Kier molecular flexibility index (Phi) is 3.45. The Labute approximate surface area is 80.2 Å². The van der Waals surface area contributed by atoms with Crippen LogP contribution in [0, 0.1) is 6.92 Å². The summed E-state index contributed by atoms with van der Waals surface area (Å²) in [7, 11) is 0. The van der Waals surface area contributed by atoms with E-state index >= 15 is 0 Å². The summed E-state index contributed by atoms with van der Waals surface area (Å²) in [6, 6.07) is 5.54. The van der Waals surface area contributed by atoms with Crippen molar-refractivity contribution < 1.29 is 12.9 Å². The highest BCUT2D eigenvalue weighted by Gasteiger charge is 2.02. The predicted octanol–water partition coefficient (Wildman–Crippen LogP) is 2.07. The van der Waals surface area contributed by atoms with Gasteiger partial charge in [0.25, 0.3) is 0 Å². The maximum Gasteiger partial charge on any atom is 0.357 e. The van der Waals surface area contributed by atoms with Crippen molar-refractivity contribution in [1.29, 1.82) is 0 Å². The van der Waals surface area contributed by atoms with Crippen molar-refractivity contribution in [1.82, 2.24) is 0 Å². The molecule has 0 radical (unpaired) electrons. The highest BCUT2D eigenvalue weighted by atomic mass is 32.2. The molecule has 0 saturated heterocycles. The Morgan fingerprint density at radius 2 is 2.23 bits per heavy atom. The second-order valence-electron chi connectivity index (χ2n) is 2.75. The van der Waals surface area contributed by atoms with Crippen LogP contribution < -0.4 is 4.18 Å². The summed E-state index contributed by atoms with van der Waals surface area (Å²) in [5, 5.41) is 0. The highest BCUT2D eigenvalue weighted by Crippen LogP contribution is 2.19. The Morgan fingerprint density at radius 3 is 2.69 bits per heavy atom. The summed E-state index contributed by atoms with van der Waals surface area (Å²) < 4.78 is 23.5. The largest absolute Gasteiger partial charge is 0.380 e. The molecule has 0 bridgehead atoms. The SMILES string of the molecule is CCc1ccc(OS(=O)O)c(C)c1. The van der Waals surface area contributed by atoms with Crippen molar-refractivity contribution in [3.05, 3.63) is 29.3 Å². The number of aryl methyl sites for hydroxylation is 2. The van der Waals surface area contributed by atoms with Gasteiger partial charge in [-0.05, 0) is 30.5 Å². The fourth-order valence-corrected chi connectivity index (χ4v) is 1.44. The van der Waals surface area contributed by atoms with Gasteiger partial charge in [-0.25, -0.2) is 0 Å². The summed E-state index contributed by atoms with van der Waals surface area (Å²) in [5.41, 5.74) is 2.07. The van der Waals surface area contributed by atoms with Crippen molar-refractivity contribution >= 4 is 11.4 Å². The lowest BCUT2D eigenvalue weighted by Gasteiger charge is -2.05. The van der Waals surface area contributed by atoms with E-state index in [1.54, 1.807) is 6.07 Å². The molecule has 1 N–H and O–H groups in total. The molecule has 0 aliphatic heterocycles. The zero-order valence-corrected chi connectivity index (χ0v) is 8.43. The van der Waals surface area contributed by atoms with Gasteiger partial charge < -0.3 is 4.18 Å². The summed E-state index contributed by atoms with van der Waals surface area (Å²) >= 11 is -2.24. The van der Waals surface area contributed by atoms with Crippen LogP contribution in [0.15, 0.2) is 18.2 Å². The Balaban J connectivity index is 2.91. The third-order valence-electron chi connectivity index (χ3n) is 1.81. The molecule has 1 rings (SSSR count). The van der Waals surface area contributed by atoms with Gasteiger partial charge in [-0.2, -0.15) is 4.21 Å². The van der Waals surface area contributed by atoms with Crippen molar-refractivity contribution in [2.45, 2.75) is 20.3 Å². The van der Waals surface area contributed by atoms with Gasteiger partial charge in [0, 0.05) is 0 Å². The first-order valence-electron chi connectivity index (χ1n) is 4.02. The average Bonchev–Trinajstić information content (AvgIpc) is 2.08. The maximum absolute atomic E-state index is 10.4. The lowest BCUT2D eigenvalue weighted by Crippen LogP contribution is -1.99. The third-order valence-corrected chi connectivity index (χ3v) is 2.13. The van der Waals surface area contributed by atoms with E-state index in [-0.39, 0.29) is 0 Å². The normalized spacial score (nSPS) is 12.5. The van der Waals surface area contributed by atoms with E-state index in [2.05, 4.69) is 11.1 Å². The smallest absolute Gasteiger partial charge is 0.357 e. The van der Waals surface area contributed by atoms with Crippen molar-refractivity contribution in [2.75, 3.05) is 0 Å². The molecule has 0 saturated carbocycles. The van der Waals surface area contributed by atoms with Crippen LogP contribution in [0.25, 0.3) is 0 Å². The molecule has 0 aliphatic carbocycles. The van der Waals surface area contributed by atoms with Gasteiger partial charge in [0.1, 0.15) is 5.75 Å². The molecule has 0 heterocycles. The molecule has 72 valence electrons. The first-order valence-corrected chi connectivity index (χ1v) is 5.05. The molecule has 0 fully saturated rings. The lowest BCUT2D eigenvalue weighted by molar-refractivity contribution is 0.456. The molecule has 1 aromatic carbocycles. The van der Waals surface area contributed by atoms with Crippen LogP contribution >= 0.6 is 0 Å². The molecular formula is C9H12O3S. The van der Waals surface area contributed by atoms with Crippen LogP contribution in [0.2, 0.25) is 0 Å². The van der Waals surface area contributed by atoms with Gasteiger partial charge in [0.15, 0.2) is 0 Å². The van der Waals surface area contributed by atoms with E-state index in [1.165, 1.54) is 5.56 Å². The van der Waals surface area contributed by atoms with Crippen LogP contribution in [-0.2, 0) is 17.8 Å². The highest BCUT2D eigenvalue weighted by molar-refractivity contribution is 7.74. The second-order valence-corrected chi connectivity index (χ2v) is 3.35. The third kappa shape index (κ3) is 2.82. The molecule has 0 spiro atoms. The zero-order chi connectivity index (χ0) is 9.84. The number of hydrogen-bond donors (Lipinski definition) is 1. The Bertz CT molecular complexity index is 323. The first kappa shape index (κ1) is 10.2. The van der Waals surface area contributed by atoms with E-state index in [9.17, 15) is 4.21 Å². The zero-order valence-electron chi connectivity index (χ0n) is 7.61. The summed E-state index contributed by atoms with van der Waals surface area (Å²) in [5.74, 6) is 0.457. The van der Waals surface area contributed by atoms with Crippen LogP contribution in [0.1, 0.15) is 18.1 Å². The van der Waals surface area contributed by atoms with Crippen molar-refractivity contribution in [2.24, 2.45) is 0 Å². The van der Waals surface area contributed by atoms with Gasteiger partial charge in [-0.15, -0.1) is 0 Å². The summed E-state index contributed by atoms with van der Waals surface area (Å²) in [6.07, 6.45) is 0.948. The van der Waals surface area contributed by atoms with Crippen LogP contribution in [-0.4, -0.2) is 8.76 Å².